The number of hydrogen-bond donors (Lipinski definition) is 2. The van der Waals surface area contributed by atoms with Gasteiger partial charge in [0.25, 0.3) is 5.91 Å². The summed E-state index contributed by atoms with van der Waals surface area (Å²) in [6, 6.07) is 6.96. The zero-order chi connectivity index (χ0) is 15.2. The molecule has 1 aromatic carbocycles. The van der Waals surface area contributed by atoms with E-state index in [-0.39, 0.29) is 12.5 Å². The Kier molecular flexibility index (Phi) is 4.64. The summed E-state index contributed by atoms with van der Waals surface area (Å²) in [5, 5.41) is 2.78. The molecule has 0 saturated heterocycles. The molecule has 0 fully saturated rings. The maximum atomic E-state index is 12.1. The lowest BCUT2D eigenvalue weighted by atomic mass is 10.1. The van der Waals surface area contributed by atoms with Gasteiger partial charge in [-0.25, -0.2) is 0 Å². The first-order chi connectivity index (χ1) is 10.1. The summed E-state index contributed by atoms with van der Waals surface area (Å²) < 4.78 is 10.4. The summed E-state index contributed by atoms with van der Waals surface area (Å²) >= 11 is 0. The van der Waals surface area contributed by atoms with E-state index in [1.807, 2.05) is 0 Å². The summed E-state index contributed by atoms with van der Waals surface area (Å²) in [5.41, 5.74) is 7.10. The lowest BCUT2D eigenvalue weighted by Gasteiger charge is -2.09. The van der Waals surface area contributed by atoms with Gasteiger partial charge < -0.3 is 20.2 Å². The van der Waals surface area contributed by atoms with Crippen LogP contribution in [0.1, 0.15) is 21.7 Å². The average Bonchev–Trinajstić information content (AvgIpc) is 2.92. The number of nitrogens with one attached hydrogen (secondary N) is 1. The number of carbonyl (C=O) groups is 1. The maximum absolute atomic E-state index is 12.1. The van der Waals surface area contributed by atoms with Crippen molar-refractivity contribution in [2.45, 2.75) is 6.92 Å². The Bertz CT molecular complexity index is 708. The zero-order valence-electron chi connectivity index (χ0n) is 11.9. The summed E-state index contributed by atoms with van der Waals surface area (Å²) in [7, 11) is 1.54. The molecule has 0 aliphatic heterocycles. The average molecular weight is 284 g/mol. The number of benzene rings is 1. The normalized spacial score (nSPS) is 9.67. The van der Waals surface area contributed by atoms with Crippen molar-refractivity contribution in [3.8, 4) is 17.6 Å². The highest BCUT2D eigenvalue weighted by molar-refractivity contribution is 6.05. The van der Waals surface area contributed by atoms with Gasteiger partial charge >= 0.3 is 0 Å². The Morgan fingerprint density at radius 3 is 2.86 bits per heavy atom. The molecule has 0 bridgehead atoms. The Labute approximate surface area is 123 Å². The fraction of sp³-hybridized carbons (Fsp3) is 0.188. The minimum absolute atomic E-state index is 0.269. The van der Waals surface area contributed by atoms with Crippen molar-refractivity contribution in [2.24, 2.45) is 5.73 Å². The first-order valence-corrected chi connectivity index (χ1v) is 6.37. The highest BCUT2D eigenvalue weighted by atomic mass is 16.5. The van der Waals surface area contributed by atoms with E-state index in [2.05, 4.69) is 17.2 Å². The fourth-order valence-corrected chi connectivity index (χ4v) is 1.79. The van der Waals surface area contributed by atoms with Gasteiger partial charge in [-0.05, 0) is 31.2 Å². The summed E-state index contributed by atoms with van der Waals surface area (Å²) in [6.45, 7) is 2.06. The smallest absolute Gasteiger partial charge is 0.259 e. The molecule has 0 unspecified atom stereocenters. The number of furan rings is 1. The topological polar surface area (TPSA) is 77.5 Å². The molecule has 0 radical (unpaired) electrons. The van der Waals surface area contributed by atoms with Gasteiger partial charge in [0.2, 0.25) is 0 Å². The lowest BCUT2D eigenvalue weighted by molar-refractivity contribution is 0.102. The van der Waals surface area contributed by atoms with Gasteiger partial charge in [-0.1, -0.05) is 11.8 Å². The largest absolute Gasteiger partial charge is 0.495 e. The molecule has 0 aliphatic carbocycles. The number of amides is 1. The first kappa shape index (κ1) is 14.7. The molecule has 5 heteroatoms. The van der Waals surface area contributed by atoms with Gasteiger partial charge in [-0.15, -0.1) is 0 Å². The summed E-state index contributed by atoms with van der Waals surface area (Å²) in [6.07, 6.45) is 1.41. The van der Waals surface area contributed by atoms with E-state index in [4.69, 9.17) is 14.9 Å². The second-order valence-corrected chi connectivity index (χ2v) is 4.32. The molecule has 0 saturated carbocycles. The SMILES string of the molecule is COc1ccc(C#CCN)cc1NC(=O)c1coc(C)c1. The molecular formula is C16H16N2O3. The maximum Gasteiger partial charge on any atom is 0.259 e. The molecule has 108 valence electrons. The number of methoxy groups -OCH3 is 1. The third kappa shape index (κ3) is 3.65. The number of rotatable bonds is 3. The van der Waals surface area contributed by atoms with Crippen LogP contribution < -0.4 is 15.8 Å². The monoisotopic (exact) mass is 284 g/mol. The number of ether oxygens (including phenoxy) is 1. The van der Waals surface area contributed by atoms with Crippen LogP contribution in [0.3, 0.4) is 0 Å². The van der Waals surface area contributed by atoms with Crippen LogP contribution in [0, 0.1) is 18.8 Å². The Hall–Kier alpha value is -2.71. The van der Waals surface area contributed by atoms with Crippen LogP contribution >= 0.6 is 0 Å². The minimum Gasteiger partial charge on any atom is -0.495 e. The van der Waals surface area contributed by atoms with Gasteiger partial charge in [-0.3, -0.25) is 4.79 Å². The second-order valence-electron chi connectivity index (χ2n) is 4.32. The van der Waals surface area contributed by atoms with Crippen molar-refractivity contribution in [3.05, 3.63) is 47.4 Å². The van der Waals surface area contributed by atoms with Gasteiger partial charge in [0, 0.05) is 5.56 Å². The third-order valence-electron chi connectivity index (χ3n) is 2.78. The van der Waals surface area contributed by atoms with Crippen LogP contribution in [0.2, 0.25) is 0 Å². The number of aryl methyl sites for hydroxylation is 1. The van der Waals surface area contributed by atoms with Gasteiger partial charge in [0.15, 0.2) is 0 Å². The molecule has 5 nitrogen and oxygen atoms in total. The van der Waals surface area contributed by atoms with E-state index in [0.29, 0.717) is 22.8 Å². The van der Waals surface area contributed by atoms with Crippen LogP contribution in [0.15, 0.2) is 34.9 Å². The molecule has 0 spiro atoms. The van der Waals surface area contributed by atoms with Crippen LogP contribution in [0.4, 0.5) is 5.69 Å². The van der Waals surface area contributed by atoms with Crippen molar-refractivity contribution in [3.63, 3.8) is 0 Å². The van der Waals surface area contributed by atoms with Crippen LogP contribution in [0.25, 0.3) is 0 Å². The number of anilines is 1. The Morgan fingerprint density at radius 1 is 1.43 bits per heavy atom. The first-order valence-electron chi connectivity index (χ1n) is 6.37. The number of hydrogen-bond acceptors (Lipinski definition) is 4. The molecule has 1 amide bonds. The summed E-state index contributed by atoms with van der Waals surface area (Å²) in [4.78, 5) is 12.1. The Balaban J connectivity index is 2.26. The van der Waals surface area contributed by atoms with Crippen molar-refractivity contribution < 1.29 is 13.9 Å². The molecular weight excluding hydrogens is 268 g/mol. The van der Waals surface area contributed by atoms with E-state index in [1.165, 1.54) is 13.4 Å². The zero-order valence-corrected chi connectivity index (χ0v) is 11.9. The Morgan fingerprint density at radius 2 is 2.24 bits per heavy atom. The predicted octanol–water partition coefficient (Wildman–Crippen LogP) is 2.16. The molecule has 3 N–H and O–H groups in total. The molecule has 2 rings (SSSR count). The van der Waals surface area contributed by atoms with E-state index in [9.17, 15) is 4.79 Å². The third-order valence-corrected chi connectivity index (χ3v) is 2.78. The van der Waals surface area contributed by atoms with Gasteiger partial charge in [-0.2, -0.15) is 0 Å². The molecule has 0 aliphatic rings. The fourth-order valence-electron chi connectivity index (χ4n) is 1.79. The minimum atomic E-state index is -0.269. The molecule has 21 heavy (non-hydrogen) atoms. The molecule has 1 aromatic heterocycles. The number of carbonyl (C=O) groups excluding carboxylic acids is 1. The van der Waals surface area contributed by atoms with Crippen LogP contribution in [-0.2, 0) is 0 Å². The van der Waals surface area contributed by atoms with Crippen LogP contribution in [0.5, 0.6) is 5.75 Å². The van der Waals surface area contributed by atoms with E-state index >= 15 is 0 Å². The van der Waals surface area contributed by atoms with Gasteiger partial charge in [0.05, 0.1) is 24.9 Å². The molecule has 0 atom stereocenters. The van der Waals surface area contributed by atoms with Crippen molar-refractivity contribution >= 4 is 11.6 Å². The second kappa shape index (κ2) is 6.64. The lowest BCUT2D eigenvalue weighted by Crippen LogP contribution is -2.12. The van der Waals surface area contributed by atoms with E-state index in [1.54, 1.807) is 31.2 Å². The molecule has 2 aromatic rings. The highest BCUT2D eigenvalue weighted by Gasteiger charge is 2.12. The van der Waals surface area contributed by atoms with Crippen molar-refractivity contribution in [2.75, 3.05) is 19.0 Å². The highest BCUT2D eigenvalue weighted by Crippen LogP contribution is 2.26. The van der Waals surface area contributed by atoms with Crippen molar-refractivity contribution in [1.82, 2.24) is 0 Å². The van der Waals surface area contributed by atoms with Gasteiger partial charge in [0.1, 0.15) is 17.8 Å². The molecule has 1 heterocycles. The standard InChI is InChI=1S/C16H16N2O3/c1-11-8-13(10-21-11)16(19)18-14-9-12(4-3-7-17)5-6-15(14)20-2/h5-6,8-10H,7,17H2,1-2H3,(H,18,19). The number of nitrogens with two attached hydrogens (primary N) is 1. The summed E-state index contributed by atoms with van der Waals surface area (Å²) in [5.74, 6) is 6.64. The van der Waals surface area contributed by atoms with Crippen LogP contribution in [-0.4, -0.2) is 19.6 Å². The van der Waals surface area contributed by atoms with E-state index < -0.39 is 0 Å². The quantitative estimate of drug-likeness (QED) is 0.847. The van der Waals surface area contributed by atoms with E-state index in [0.717, 1.165) is 5.56 Å². The van der Waals surface area contributed by atoms with Crippen molar-refractivity contribution in [1.29, 1.82) is 0 Å². The predicted molar refractivity (Wildman–Crippen MR) is 80.3 cm³/mol.